The number of halogens is 6. The van der Waals surface area contributed by atoms with Crippen LogP contribution < -0.4 is 29.6 Å². The number of carboxylic acids is 2. The van der Waals surface area contributed by atoms with Gasteiger partial charge in [-0.25, -0.2) is 4.79 Å². The number of nitrogens with zero attached hydrogens (tertiary/aromatic N) is 6. The zero-order valence-corrected chi connectivity index (χ0v) is 59.0. The first kappa shape index (κ1) is 71.8. The minimum Gasteiger partial charge on any atom is -0.490 e. The van der Waals surface area contributed by atoms with Gasteiger partial charge in [-0.3, -0.25) is 19.3 Å². The Bertz CT molecular complexity index is 3850. The van der Waals surface area contributed by atoms with Crippen molar-refractivity contribution < 1.29 is 41.7 Å². The molecule has 0 spiro atoms. The molecule has 22 heteroatoms. The number of likely N-dealkylation sites (tertiary alicyclic amines) is 4. The van der Waals surface area contributed by atoms with Gasteiger partial charge >= 0.3 is 11.9 Å². The Kier molecular flexibility index (Phi) is 25.6. The molecule has 97 heavy (non-hydrogen) atoms. The summed E-state index contributed by atoms with van der Waals surface area (Å²) in [5.41, 5.74) is 3.83. The Morgan fingerprint density at radius 3 is 1.38 bits per heavy atom. The number of rotatable bonds is 17. The fraction of sp³-hybridized carbons (Fsp3) is 0.440. The molecule has 6 aliphatic rings. The number of ether oxygens (including phenoxy) is 3. The number of para-hydroxylation sites is 1. The molecule has 6 saturated heterocycles. The van der Waals surface area contributed by atoms with Crippen molar-refractivity contribution in [3.63, 3.8) is 0 Å². The Hall–Kier alpha value is -6.44. The van der Waals surface area contributed by atoms with Gasteiger partial charge in [0.05, 0.1) is 47.7 Å². The molecular formula is C75H89Cl6N7O9. The minimum absolute atomic E-state index is 0. The summed E-state index contributed by atoms with van der Waals surface area (Å²) in [7, 11) is 0. The summed E-state index contributed by atoms with van der Waals surface area (Å²) < 4.78 is 18.3. The predicted molar refractivity (Wildman–Crippen MR) is 394 cm³/mol. The zero-order chi connectivity index (χ0) is 68.0. The highest BCUT2D eigenvalue weighted by atomic mass is 35.5. The lowest BCUT2D eigenvalue weighted by Gasteiger charge is -2.41. The number of pyridine rings is 1. The van der Waals surface area contributed by atoms with Crippen LogP contribution >= 0.6 is 69.6 Å². The molecule has 0 atom stereocenters. The van der Waals surface area contributed by atoms with Crippen molar-refractivity contribution in [3.8, 4) is 17.2 Å². The second-order valence-electron chi connectivity index (χ2n) is 26.3. The summed E-state index contributed by atoms with van der Waals surface area (Å²) in [4.78, 5) is 64.5. The van der Waals surface area contributed by atoms with E-state index in [9.17, 15) is 24.3 Å². The van der Waals surface area contributed by atoms with Crippen LogP contribution in [0.25, 0.3) is 10.8 Å². The molecule has 7 heterocycles. The monoisotopic (exact) mass is 1440 g/mol. The van der Waals surface area contributed by atoms with E-state index in [0.29, 0.717) is 69.9 Å². The SMILES string of the molecule is O=C(O)Cc1ccccc1N1CCC(CN2CCC(Oc3ccc(Cl)c(Cl)c3)CC2)CC1.O=C(O)c1ccc(N2CCC(CN3CCC(Oc4ccc(Cl)c(Cl)c4)CC3)CC2)cc1.O=C(c1c[nH]c(=O)c2ccccc12)N1CCC(N2CCC(Oc3ccc(Cl)c(Cl)c3)CC2)CC1.[HH].[HH]. The molecule has 13 rings (SSSR count). The highest BCUT2D eigenvalue weighted by Crippen LogP contribution is 2.35. The van der Waals surface area contributed by atoms with Crippen LogP contribution in [0.5, 0.6) is 17.2 Å². The lowest BCUT2D eigenvalue weighted by atomic mass is 9.94. The molecule has 7 aromatic rings. The number of carboxylic acid groups (broad SMARTS) is 2. The van der Waals surface area contributed by atoms with E-state index in [1.807, 2.05) is 71.6 Å². The number of aromatic amines is 1. The van der Waals surface area contributed by atoms with Crippen molar-refractivity contribution in [1.82, 2.24) is 24.6 Å². The van der Waals surface area contributed by atoms with E-state index in [4.69, 9.17) is 88.9 Å². The molecule has 0 unspecified atom stereocenters. The van der Waals surface area contributed by atoms with E-state index in [-0.39, 0.29) is 39.1 Å². The first-order chi connectivity index (χ1) is 46.9. The van der Waals surface area contributed by atoms with Gasteiger partial charge in [-0.1, -0.05) is 106 Å². The van der Waals surface area contributed by atoms with E-state index in [0.717, 1.165) is 190 Å². The molecule has 16 nitrogen and oxygen atoms in total. The van der Waals surface area contributed by atoms with E-state index >= 15 is 0 Å². The minimum atomic E-state index is -0.878. The maximum absolute atomic E-state index is 13.2. The van der Waals surface area contributed by atoms with Gasteiger partial charge in [-0.15, -0.1) is 0 Å². The van der Waals surface area contributed by atoms with E-state index < -0.39 is 11.9 Å². The Balaban J connectivity index is 0.000000172. The summed E-state index contributed by atoms with van der Waals surface area (Å²) in [6.45, 7) is 13.9. The highest BCUT2D eigenvalue weighted by molar-refractivity contribution is 6.43. The molecule has 6 aliphatic heterocycles. The highest BCUT2D eigenvalue weighted by Gasteiger charge is 2.33. The lowest BCUT2D eigenvalue weighted by molar-refractivity contribution is -0.136. The van der Waals surface area contributed by atoms with Gasteiger partial charge in [-0.2, -0.15) is 0 Å². The second kappa shape index (κ2) is 34.6. The van der Waals surface area contributed by atoms with E-state index in [2.05, 4.69) is 35.5 Å². The molecule has 3 N–H and O–H groups in total. The second-order valence-corrected chi connectivity index (χ2v) is 28.8. The van der Waals surface area contributed by atoms with Crippen LogP contribution in [-0.2, 0) is 11.2 Å². The van der Waals surface area contributed by atoms with Crippen LogP contribution in [0.3, 0.4) is 0 Å². The zero-order valence-electron chi connectivity index (χ0n) is 54.5. The summed E-state index contributed by atoms with van der Waals surface area (Å²) in [5.74, 6) is 2.06. The summed E-state index contributed by atoms with van der Waals surface area (Å²) in [5, 5.41) is 22.7. The number of hydrogen-bond acceptors (Lipinski definition) is 12. The van der Waals surface area contributed by atoms with Crippen molar-refractivity contribution in [3.05, 3.63) is 191 Å². The largest absolute Gasteiger partial charge is 0.490 e. The van der Waals surface area contributed by atoms with Crippen LogP contribution in [0.2, 0.25) is 30.1 Å². The average molecular weight is 1450 g/mol. The summed E-state index contributed by atoms with van der Waals surface area (Å²) in [6.07, 6.45) is 14.8. The van der Waals surface area contributed by atoms with Crippen molar-refractivity contribution in [1.29, 1.82) is 0 Å². The topological polar surface area (TPSA) is 172 Å². The summed E-state index contributed by atoms with van der Waals surface area (Å²) in [6, 6.07) is 39.2. The van der Waals surface area contributed by atoms with Gasteiger partial charge in [0.2, 0.25) is 0 Å². The first-order valence-electron chi connectivity index (χ1n) is 34.0. The average Bonchev–Trinajstić information content (AvgIpc) is 0.793. The summed E-state index contributed by atoms with van der Waals surface area (Å²) >= 11 is 36.2. The van der Waals surface area contributed by atoms with Gasteiger partial charge in [0, 0.05) is 147 Å². The molecule has 6 aromatic carbocycles. The van der Waals surface area contributed by atoms with Crippen LogP contribution in [0, 0.1) is 11.8 Å². The van der Waals surface area contributed by atoms with Crippen LogP contribution in [-0.4, -0.2) is 169 Å². The van der Waals surface area contributed by atoms with Gasteiger partial charge in [0.1, 0.15) is 35.6 Å². The van der Waals surface area contributed by atoms with Crippen LogP contribution in [0.15, 0.2) is 138 Å². The molecule has 0 saturated carbocycles. The molecule has 520 valence electrons. The quantitative estimate of drug-likeness (QED) is 0.0786. The fourth-order valence-electron chi connectivity index (χ4n) is 14.4. The number of amides is 1. The lowest BCUT2D eigenvalue weighted by Crippen LogP contribution is -2.50. The molecule has 0 bridgehead atoms. The van der Waals surface area contributed by atoms with Gasteiger partial charge in [0.15, 0.2) is 0 Å². The maximum atomic E-state index is 13.2. The number of anilines is 2. The standard InChI is InChI=1S/C26H27Cl2N3O3.C25H30Cl2N2O3.C24H28Cl2N2O3.2H2/c27-23-6-5-19(15-24(23)28)34-18-9-13-30(14-10-18)17-7-11-31(12-8-17)26(33)22-16-29-25(32)21-4-2-1-3-20(21)22;26-22-6-5-21(16-23(22)27)32-20-9-11-28(12-10-20)17-18-7-13-29(14-8-18)24-4-2-1-3-19(24)15-25(30)31;25-22-6-5-21(15-23(22)26)31-20-9-11-27(12-10-20)16-17-7-13-28(14-8-17)19-3-1-18(2-4-19)24(29)30;;/h1-6,15-18H,7-14H2,(H,29,32);1-6,16,18,20H,7-15,17H2,(H,30,31);1-6,15,17,20H,7-14,16H2,(H,29,30);2*1H. The Labute approximate surface area is 601 Å². The van der Waals surface area contributed by atoms with Crippen molar-refractivity contribution in [2.45, 2.75) is 108 Å². The maximum Gasteiger partial charge on any atom is 0.335 e. The van der Waals surface area contributed by atoms with Crippen LogP contribution in [0.1, 0.15) is 106 Å². The number of carbonyl (C=O) groups excluding carboxylic acids is 1. The van der Waals surface area contributed by atoms with Crippen molar-refractivity contribution in [2.75, 3.05) is 101 Å². The molecule has 1 aromatic heterocycles. The van der Waals surface area contributed by atoms with Gasteiger partial charge in [0.25, 0.3) is 11.5 Å². The fourth-order valence-corrected chi connectivity index (χ4v) is 15.3. The molecule has 1 amide bonds. The number of carbonyl (C=O) groups is 3. The third-order valence-electron chi connectivity index (χ3n) is 19.9. The third-order valence-corrected chi connectivity index (χ3v) is 22.1. The van der Waals surface area contributed by atoms with Crippen molar-refractivity contribution in [2.24, 2.45) is 11.8 Å². The number of piperidine rings is 6. The normalized spacial score (nSPS) is 18.6. The molecule has 0 radical (unpaired) electrons. The number of aliphatic carboxylic acids is 1. The first-order valence-corrected chi connectivity index (χ1v) is 36.3. The molecule has 6 fully saturated rings. The van der Waals surface area contributed by atoms with Crippen LogP contribution in [0.4, 0.5) is 11.4 Å². The third kappa shape index (κ3) is 19.9. The number of H-pyrrole nitrogens is 1. The number of fused-ring (bicyclic) bond motifs is 1. The molecule has 0 aliphatic carbocycles. The number of nitrogens with one attached hydrogen (secondary N) is 1. The number of aromatic nitrogens is 1. The van der Waals surface area contributed by atoms with E-state index in [1.54, 1.807) is 60.8 Å². The van der Waals surface area contributed by atoms with Crippen molar-refractivity contribution >= 4 is 110 Å². The Morgan fingerprint density at radius 2 is 0.918 bits per heavy atom. The Morgan fingerprint density at radius 1 is 0.474 bits per heavy atom. The predicted octanol–water partition coefficient (Wildman–Crippen LogP) is 16.3. The van der Waals surface area contributed by atoms with Gasteiger partial charge in [-0.05, 0) is 167 Å². The van der Waals surface area contributed by atoms with E-state index in [1.165, 1.54) is 12.8 Å². The smallest absolute Gasteiger partial charge is 0.335 e. The number of benzene rings is 6. The molecular weight excluding hydrogens is 1360 g/mol. The number of aromatic carboxylic acids is 1. The number of hydrogen-bond donors (Lipinski definition) is 3. The van der Waals surface area contributed by atoms with Gasteiger partial charge < -0.3 is 53.9 Å².